The lowest BCUT2D eigenvalue weighted by molar-refractivity contribution is -0.127. The van der Waals surface area contributed by atoms with E-state index in [4.69, 9.17) is 4.74 Å². The van der Waals surface area contributed by atoms with Gasteiger partial charge in [-0.05, 0) is 44.7 Å². The van der Waals surface area contributed by atoms with Crippen LogP contribution in [-0.4, -0.2) is 108 Å². The molecule has 1 aromatic heterocycles. The molecule has 0 saturated carbocycles. The van der Waals surface area contributed by atoms with E-state index < -0.39 is 11.7 Å². The highest BCUT2D eigenvalue weighted by Crippen LogP contribution is 2.31. The van der Waals surface area contributed by atoms with Gasteiger partial charge in [0.15, 0.2) is 0 Å². The lowest BCUT2D eigenvalue weighted by Crippen LogP contribution is -2.57. The fourth-order valence-electron chi connectivity index (χ4n) is 5.62. The van der Waals surface area contributed by atoms with Gasteiger partial charge < -0.3 is 24.4 Å². The molecule has 2 aromatic carbocycles. The first-order valence-electron chi connectivity index (χ1n) is 13.7. The van der Waals surface area contributed by atoms with Crippen LogP contribution in [0.5, 0.6) is 5.75 Å². The first-order valence-corrected chi connectivity index (χ1v) is 13.7. The average molecular weight is 550 g/mol. The molecule has 2 unspecified atom stereocenters. The molecule has 10 heteroatoms. The number of hydrogen-bond donors (Lipinski definition) is 1. The SMILES string of the molecule is COc1cc2[nH]cc(C(=O)C(=O)N3CCN(C)CC3)c2cc1C(=O)N1CC(C)N(Cc2ccc(F)cc2)CC1C. The molecule has 5 rings (SSSR count). The van der Waals surface area contributed by atoms with Crippen LogP contribution in [0.2, 0.25) is 0 Å². The van der Waals surface area contributed by atoms with Crippen LogP contribution in [0, 0.1) is 5.82 Å². The summed E-state index contributed by atoms with van der Waals surface area (Å²) < 4.78 is 18.9. The molecular formula is C30H36FN5O4. The third-order valence-corrected chi connectivity index (χ3v) is 8.14. The number of piperazine rings is 2. The summed E-state index contributed by atoms with van der Waals surface area (Å²) in [5.41, 5.74) is 2.24. The maximum Gasteiger partial charge on any atom is 0.295 e. The Hall–Kier alpha value is -3.76. The number of nitrogens with one attached hydrogen (secondary N) is 1. The van der Waals surface area contributed by atoms with Crippen molar-refractivity contribution in [2.24, 2.45) is 0 Å². The van der Waals surface area contributed by atoms with Gasteiger partial charge in [0.25, 0.3) is 17.6 Å². The number of carbonyl (C=O) groups is 3. The number of nitrogens with zero attached hydrogens (tertiary/aromatic N) is 4. The van der Waals surface area contributed by atoms with Gasteiger partial charge in [-0.3, -0.25) is 19.3 Å². The Morgan fingerprint density at radius 1 is 0.975 bits per heavy atom. The molecule has 2 fully saturated rings. The highest BCUT2D eigenvalue weighted by Gasteiger charge is 2.34. The summed E-state index contributed by atoms with van der Waals surface area (Å²) in [5, 5.41) is 0.521. The lowest BCUT2D eigenvalue weighted by atomic mass is 10.0. The van der Waals surface area contributed by atoms with E-state index >= 15 is 0 Å². The maximum absolute atomic E-state index is 13.9. The Morgan fingerprint density at radius 3 is 2.35 bits per heavy atom. The van der Waals surface area contributed by atoms with Crippen molar-refractivity contribution >= 4 is 28.5 Å². The molecule has 1 N–H and O–H groups in total. The zero-order valence-corrected chi connectivity index (χ0v) is 23.4. The molecular weight excluding hydrogens is 513 g/mol. The van der Waals surface area contributed by atoms with Crippen molar-refractivity contribution in [3.8, 4) is 5.75 Å². The van der Waals surface area contributed by atoms with Crippen LogP contribution < -0.4 is 4.74 Å². The van der Waals surface area contributed by atoms with Crippen LogP contribution >= 0.6 is 0 Å². The van der Waals surface area contributed by atoms with Gasteiger partial charge in [0, 0.05) is 81.1 Å². The Morgan fingerprint density at radius 2 is 1.68 bits per heavy atom. The molecule has 2 aliphatic heterocycles. The van der Waals surface area contributed by atoms with E-state index in [1.807, 2.05) is 18.9 Å². The molecule has 3 aromatic rings. The maximum atomic E-state index is 13.9. The summed E-state index contributed by atoms with van der Waals surface area (Å²) in [6, 6.07) is 9.86. The van der Waals surface area contributed by atoms with Crippen LogP contribution in [0.3, 0.4) is 0 Å². The fraction of sp³-hybridized carbons (Fsp3) is 0.433. The molecule has 40 heavy (non-hydrogen) atoms. The molecule has 212 valence electrons. The largest absolute Gasteiger partial charge is 0.496 e. The number of aromatic nitrogens is 1. The summed E-state index contributed by atoms with van der Waals surface area (Å²) in [6.07, 6.45) is 1.54. The van der Waals surface area contributed by atoms with Gasteiger partial charge >= 0.3 is 0 Å². The molecule has 0 spiro atoms. The second-order valence-electron chi connectivity index (χ2n) is 10.9. The molecule has 0 bridgehead atoms. The third-order valence-electron chi connectivity index (χ3n) is 8.14. The summed E-state index contributed by atoms with van der Waals surface area (Å²) in [4.78, 5) is 51.1. The number of carbonyl (C=O) groups excluding carboxylic acids is 3. The predicted molar refractivity (Wildman–Crippen MR) is 150 cm³/mol. The Kier molecular flexibility index (Phi) is 7.91. The van der Waals surface area contributed by atoms with Crippen molar-refractivity contribution in [1.82, 2.24) is 24.6 Å². The summed E-state index contributed by atoms with van der Waals surface area (Å²) in [7, 11) is 3.50. The fourth-order valence-corrected chi connectivity index (χ4v) is 5.62. The molecule has 3 heterocycles. The van der Waals surface area contributed by atoms with E-state index in [2.05, 4.69) is 21.7 Å². The van der Waals surface area contributed by atoms with Crippen molar-refractivity contribution in [2.45, 2.75) is 32.5 Å². The first-order chi connectivity index (χ1) is 19.2. The molecule has 2 saturated heterocycles. The topological polar surface area (TPSA) is 89.2 Å². The number of methoxy groups -OCH3 is 1. The number of amides is 2. The van der Waals surface area contributed by atoms with Crippen molar-refractivity contribution in [3.63, 3.8) is 0 Å². The Balaban J connectivity index is 1.37. The number of Topliss-reactive ketones (excluding diaryl/α,β-unsaturated/α-hetero) is 1. The molecule has 9 nitrogen and oxygen atoms in total. The van der Waals surface area contributed by atoms with E-state index in [1.165, 1.54) is 25.4 Å². The zero-order valence-electron chi connectivity index (χ0n) is 23.4. The van der Waals surface area contributed by atoms with Gasteiger partial charge in [0.05, 0.1) is 18.2 Å². The minimum absolute atomic E-state index is 0.0746. The summed E-state index contributed by atoms with van der Waals surface area (Å²) in [5.74, 6) is -1.17. The minimum Gasteiger partial charge on any atom is -0.496 e. The monoisotopic (exact) mass is 549 g/mol. The third kappa shape index (κ3) is 5.46. The smallest absolute Gasteiger partial charge is 0.295 e. The number of fused-ring (bicyclic) bond motifs is 1. The van der Waals surface area contributed by atoms with Gasteiger partial charge in [0.2, 0.25) is 0 Å². The number of ether oxygens (including phenoxy) is 1. The van der Waals surface area contributed by atoms with Crippen LogP contribution in [0.1, 0.15) is 40.1 Å². The number of halogens is 1. The number of benzene rings is 2. The van der Waals surface area contributed by atoms with Crippen molar-refractivity contribution < 1.29 is 23.5 Å². The predicted octanol–water partition coefficient (Wildman–Crippen LogP) is 3.01. The van der Waals surface area contributed by atoms with Crippen LogP contribution in [0.25, 0.3) is 10.9 Å². The second-order valence-corrected chi connectivity index (χ2v) is 10.9. The number of ketones is 1. The van der Waals surface area contributed by atoms with E-state index in [-0.39, 0.29) is 29.4 Å². The van der Waals surface area contributed by atoms with Gasteiger partial charge in [-0.25, -0.2) is 4.39 Å². The normalized spacial score (nSPS) is 20.6. The minimum atomic E-state index is -0.587. The number of H-pyrrole nitrogens is 1. The Bertz CT molecular complexity index is 1410. The van der Waals surface area contributed by atoms with E-state index in [0.717, 1.165) is 18.7 Å². The highest BCUT2D eigenvalue weighted by molar-refractivity contribution is 6.45. The van der Waals surface area contributed by atoms with Gasteiger partial charge in [-0.15, -0.1) is 0 Å². The molecule has 2 atom stereocenters. The standard InChI is InChI=1S/C30H36FN5O4/c1-19-17-36(20(2)16-35(19)18-21-5-7-22(31)8-6-21)29(38)24-13-23-25(15-32-26(23)14-27(24)40-4)28(37)30(39)34-11-9-33(3)10-12-34/h5-8,13-15,19-20,32H,9-12,16-18H2,1-4H3. The second kappa shape index (κ2) is 11.4. The van der Waals surface area contributed by atoms with E-state index in [0.29, 0.717) is 54.9 Å². The van der Waals surface area contributed by atoms with Crippen LogP contribution in [-0.2, 0) is 11.3 Å². The van der Waals surface area contributed by atoms with Crippen molar-refractivity contribution in [1.29, 1.82) is 0 Å². The quantitative estimate of drug-likeness (QED) is 0.376. The van der Waals surface area contributed by atoms with Crippen LogP contribution in [0.15, 0.2) is 42.6 Å². The van der Waals surface area contributed by atoms with Crippen LogP contribution in [0.4, 0.5) is 4.39 Å². The summed E-state index contributed by atoms with van der Waals surface area (Å²) >= 11 is 0. The zero-order chi connectivity index (χ0) is 28.6. The van der Waals surface area contributed by atoms with Crippen molar-refractivity contribution in [2.75, 3.05) is 53.4 Å². The average Bonchev–Trinajstić information content (AvgIpc) is 3.37. The first kappa shape index (κ1) is 27.8. The molecule has 2 amide bonds. The molecule has 0 aliphatic carbocycles. The Labute approximate surface area is 233 Å². The highest BCUT2D eigenvalue weighted by atomic mass is 19.1. The number of rotatable bonds is 6. The number of hydrogen-bond acceptors (Lipinski definition) is 6. The van der Waals surface area contributed by atoms with Gasteiger partial charge in [-0.1, -0.05) is 12.1 Å². The van der Waals surface area contributed by atoms with Gasteiger partial charge in [-0.2, -0.15) is 0 Å². The number of likely N-dealkylation sites (N-methyl/N-ethyl adjacent to an activating group) is 1. The molecule has 2 aliphatic rings. The number of aromatic amines is 1. The lowest BCUT2D eigenvalue weighted by Gasteiger charge is -2.44. The van der Waals surface area contributed by atoms with Crippen molar-refractivity contribution in [3.05, 3.63) is 65.1 Å². The van der Waals surface area contributed by atoms with E-state index in [9.17, 15) is 18.8 Å². The molecule has 0 radical (unpaired) electrons. The van der Waals surface area contributed by atoms with E-state index in [1.54, 1.807) is 29.2 Å². The summed E-state index contributed by atoms with van der Waals surface area (Å²) in [6.45, 7) is 8.35. The van der Waals surface area contributed by atoms with Gasteiger partial charge in [0.1, 0.15) is 11.6 Å².